The van der Waals surface area contributed by atoms with Crippen LogP contribution < -0.4 is 4.52 Å². The van der Waals surface area contributed by atoms with Gasteiger partial charge in [-0.2, -0.15) is 0 Å². The summed E-state index contributed by atoms with van der Waals surface area (Å²) < 4.78 is 31.7. The Hall–Kier alpha value is -0.830. The van der Waals surface area contributed by atoms with Crippen molar-refractivity contribution in [1.29, 1.82) is 0 Å². The third-order valence-electron chi connectivity index (χ3n) is 3.59. The molecule has 0 heterocycles. The molecule has 0 aromatic heterocycles. The van der Waals surface area contributed by atoms with Gasteiger partial charge in [0, 0.05) is 0 Å². The lowest BCUT2D eigenvalue weighted by molar-refractivity contribution is -0.0208. The van der Waals surface area contributed by atoms with Crippen LogP contribution in [0.2, 0.25) is 0 Å². The van der Waals surface area contributed by atoms with E-state index in [2.05, 4.69) is 41.5 Å². The van der Waals surface area contributed by atoms with E-state index >= 15 is 0 Å². The van der Waals surface area contributed by atoms with Gasteiger partial charge in [0.2, 0.25) is 0 Å². The summed E-state index contributed by atoms with van der Waals surface area (Å²) in [6, 6.07) is 9.06. The molecule has 0 bridgehead atoms. The van der Waals surface area contributed by atoms with Crippen LogP contribution in [0.3, 0.4) is 0 Å². The molecule has 1 aromatic carbocycles. The Morgan fingerprint density at radius 1 is 0.704 bits per heavy atom. The molecular weight excluding hydrogens is 359 g/mol. The zero-order chi connectivity index (χ0) is 21.1. The number of phosphoric acid groups is 1. The standard InChI is InChI=1S/C22H39O4P/c1-19(2,3)16-21(7,8)25-27(23,24-18-14-12-11-13-15-18)26-22(9,10)17-20(4,5)6/h11-15H,16-17H2,1-10H3. The molecule has 0 aliphatic carbocycles. The van der Waals surface area contributed by atoms with Gasteiger partial charge in [-0.15, -0.1) is 0 Å². The smallest absolute Gasteiger partial charge is 0.404 e. The average Bonchev–Trinajstić information content (AvgIpc) is 2.30. The average molecular weight is 399 g/mol. The molecule has 156 valence electrons. The van der Waals surface area contributed by atoms with Gasteiger partial charge in [0.05, 0.1) is 11.2 Å². The zero-order valence-corrected chi connectivity index (χ0v) is 19.8. The van der Waals surface area contributed by atoms with Crippen molar-refractivity contribution < 1.29 is 18.1 Å². The van der Waals surface area contributed by atoms with E-state index in [1.165, 1.54) is 0 Å². The monoisotopic (exact) mass is 398 g/mol. The van der Waals surface area contributed by atoms with Crippen molar-refractivity contribution in [3.05, 3.63) is 30.3 Å². The second-order valence-electron chi connectivity index (χ2n) is 11.0. The van der Waals surface area contributed by atoms with Crippen LogP contribution in [0.15, 0.2) is 30.3 Å². The predicted molar refractivity (Wildman–Crippen MR) is 113 cm³/mol. The van der Waals surface area contributed by atoms with Crippen LogP contribution in [-0.4, -0.2) is 11.2 Å². The molecule has 1 rings (SSSR count). The summed E-state index contributed by atoms with van der Waals surface area (Å²) in [5.74, 6) is 0.471. The highest BCUT2D eigenvalue weighted by Crippen LogP contribution is 2.57. The Morgan fingerprint density at radius 3 is 1.41 bits per heavy atom. The highest BCUT2D eigenvalue weighted by Gasteiger charge is 2.43. The maximum Gasteiger partial charge on any atom is 0.531 e. The van der Waals surface area contributed by atoms with Crippen LogP contribution in [0.1, 0.15) is 82.1 Å². The molecular formula is C22H39O4P. The summed E-state index contributed by atoms with van der Waals surface area (Å²) in [7, 11) is -3.86. The minimum atomic E-state index is -3.86. The lowest BCUT2D eigenvalue weighted by Gasteiger charge is -2.38. The number of hydrogen-bond donors (Lipinski definition) is 0. The summed E-state index contributed by atoms with van der Waals surface area (Å²) >= 11 is 0. The second kappa shape index (κ2) is 8.27. The van der Waals surface area contributed by atoms with Crippen LogP contribution >= 0.6 is 7.82 Å². The molecule has 0 atom stereocenters. The van der Waals surface area contributed by atoms with E-state index in [1.54, 1.807) is 12.1 Å². The van der Waals surface area contributed by atoms with Crippen molar-refractivity contribution in [2.75, 3.05) is 0 Å². The topological polar surface area (TPSA) is 44.8 Å². The molecule has 1 aromatic rings. The molecule has 0 aliphatic heterocycles. The molecule has 0 spiro atoms. The van der Waals surface area contributed by atoms with Gasteiger partial charge in [0.25, 0.3) is 0 Å². The van der Waals surface area contributed by atoms with Gasteiger partial charge in [0.15, 0.2) is 0 Å². The molecule has 0 N–H and O–H groups in total. The van der Waals surface area contributed by atoms with Gasteiger partial charge in [-0.1, -0.05) is 59.7 Å². The molecule has 0 aliphatic rings. The van der Waals surface area contributed by atoms with Crippen molar-refractivity contribution in [3.63, 3.8) is 0 Å². The Labute approximate surface area is 166 Å². The van der Waals surface area contributed by atoms with Crippen molar-refractivity contribution in [1.82, 2.24) is 0 Å². The molecule has 0 radical (unpaired) electrons. The molecule has 4 nitrogen and oxygen atoms in total. The van der Waals surface area contributed by atoms with Gasteiger partial charge in [-0.25, -0.2) is 4.57 Å². The molecule has 5 heteroatoms. The molecule has 0 amide bonds. The van der Waals surface area contributed by atoms with E-state index < -0.39 is 19.0 Å². The van der Waals surface area contributed by atoms with E-state index in [-0.39, 0.29) is 10.8 Å². The number of benzene rings is 1. The summed E-state index contributed by atoms with van der Waals surface area (Å²) in [4.78, 5) is 0. The van der Waals surface area contributed by atoms with Crippen molar-refractivity contribution in [3.8, 4) is 5.75 Å². The predicted octanol–water partition coefficient (Wildman–Crippen LogP) is 7.64. The van der Waals surface area contributed by atoms with Gasteiger partial charge in [0.1, 0.15) is 5.75 Å². The quantitative estimate of drug-likeness (QED) is 0.422. The summed E-state index contributed by atoms with van der Waals surface area (Å²) in [5, 5.41) is 0. The van der Waals surface area contributed by atoms with E-state index in [0.717, 1.165) is 0 Å². The van der Waals surface area contributed by atoms with Crippen LogP contribution in [0.25, 0.3) is 0 Å². The fourth-order valence-corrected chi connectivity index (χ4v) is 5.72. The van der Waals surface area contributed by atoms with E-state index in [0.29, 0.717) is 18.6 Å². The minimum absolute atomic E-state index is 0.0159. The van der Waals surface area contributed by atoms with Gasteiger partial charge < -0.3 is 4.52 Å². The summed E-state index contributed by atoms with van der Waals surface area (Å²) in [6.45, 7) is 20.5. The van der Waals surface area contributed by atoms with Gasteiger partial charge in [-0.05, 0) is 63.5 Å². The first-order valence-electron chi connectivity index (χ1n) is 9.67. The summed E-state index contributed by atoms with van der Waals surface area (Å²) in [5.41, 5.74) is -1.30. The Morgan fingerprint density at radius 2 is 1.07 bits per heavy atom. The molecule has 0 fully saturated rings. The summed E-state index contributed by atoms with van der Waals surface area (Å²) in [6.07, 6.45) is 1.43. The molecule has 0 unspecified atom stereocenters. The Bertz CT molecular complexity index is 603. The van der Waals surface area contributed by atoms with Crippen LogP contribution in [0, 0.1) is 10.8 Å². The van der Waals surface area contributed by atoms with E-state index in [4.69, 9.17) is 13.6 Å². The maximum absolute atomic E-state index is 13.7. The second-order valence-corrected chi connectivity index (χ2v) is 12.5. The number of hydrogen-bond acceptors (Lipinski definition) is 4. The first-order valence-corrected chi connectivity index (χ1v) is 11.1. The number of rotatable bonds is 8. The molecule has 0 saturated carbocycles. The third-order valence-corrected chi connectivity index (χ3v) is 5.46. The van der Waals surface area contributed by atoms with Crippen LogP contribution in [0.4, 0.5) is 0 Å². The Kier molecular flexibility index (Phi) is 7.41. The fourth-order valence-electron chi connectivity index (χ4n) is 3.89. The van der Waals surface area contributed by atoms with Gasteiger partial charge in [-0.3, -0.25) is 9.05 Å². The van der Waals surface area contributed by atoms with Crippen molar-refractivity contribution in [2.24, 2.45) is 10.8 Å². The zero-order valence-electron chi connectivity index (χ0n) is 18.9. The van der Waals surface area contributed by atoms with Gasteiger partial charge >= 0.3 is 7.82 Å². The largest absolute Gasteiger partial charge is 0.531 e. The highest BCUT2D eigenvalue weighted by molar-refractivity contribution is 7.49. The number of para-hydroxylation sites is 1. The van der Waals surface area contributed by atoms with E-state index in [1.807, 2.05) is 45.9 Å². The fraction of sp³-hybridized carbons (Fsp3) is 0.727. The van der Waals surface area contributed by atoms with E-state index in [9.17, 15) is 4.57 Å². The normalized spacial score (nSPS) is 14.3. The maximum atomic E-state index is 13.7. The van der Waals surface area contributed by atoms with Crippen molar-refractivity contribution in [2.45, 2.75) is 93.3 Å². The van der Waals surface area contributed by atoms with Crippen LogP contribution in [-0.2, 0) is 13.6 Å². The van der Waals surface area contributed by atoms with Crippen molar-refractivity contribution >= 4 is 7.82 Å². The lowest BCUT2D eigenvalue weighted by atomic mass is 9.84. The first-order chi connectivity index (χ1) is 11.9. The third kappa shape index (κ3) is 10.3. The lowest BCUT2D eigenvalue weighted by Crippen LogP contribution is -2.34. The Balaban J connectivity index is 3.14. The molecule has 0 saturated heterocycles. The first kappa shape index (κ1) is 24.2. The minimum Gasteiger partial charge on any atom is -0.404 e. The molecule has 27 heavy (non-hydrogen) atoms. The number of phosphoric ester groups is 1. The van der Waals surface area contributed by atoms with Crippen LogP contribution in [0.5, 0.6) is 5.75 Å². The highest BCUT2D eigenvalue weighted by atomic mass is 31.2. The SMILES string of the molecule is CC(C)(C)CC(C)(C)OP(=O)(Oc1ccccc1)OC(C)(C)CC(C)(C)C.